The van der Waals surface area contributed by atoms with E-state index in [0.29, 0.717) is 6.04 Å². The van der Waals surface area contributed by atoms with E-state index in [1.54, 1.807) is 6.07 Å². The second-order valence-corrected chi connectivity index (χ2v) is 5.26. The first-order valence-electron chi connectivity index (χ1n) is 5.70. The van der Waals surface area contributed by atoms with Crippen molar-refractivity contribution in [2.75, 3.05) is 14.1 Å². The van der Waals surface area contributed by atoms with Crippen LogP contribution in [0.2, 0.25) is 5.02 Å². The molecular formula is C13H14ClFN2. The third-order valence-electron chi connectivity index (χ3n) is 3.61. The first-order chi connectivity index (χ1) is 8.08. The monoisotopic (exact) mass is 252 g/mol. The lowest BCUT2D eigenvalue weighted by molar-refractivity contribution is 0.258. The van der Waals surface area contributed by atoms with Crippen LogP contribution >= 0.6 is 11.6 Å². The maximum atomic E-state index is 13.7. The highest BCUT2D eigenvalue weighted by Crippen LogP contribution is 2.34. The molecule has 2 heterocycles. The number of likely N-dealkylation sites (N-methyl/N-ethyl adjacent to an activating group) is 1. The van der Waals surface area contributed by atoms with E-state index < -0.39 is 0 Å². The molecule has 1 aliphatic rings. The molecule has 3 rings (SSSR count). The van der Waals surface area contributed by atoms with Gasteiger partial charge in [-0.25, -0.2) is 4.39 Å². The highest BCUT2D eigenvalue weighted by molar-refractivity contribution is 6.35. The lowest BCUT2D eigenvalue weighted by Gasteiger charge is -2.30. The summed E-state index contributed by atoms with van der Waals surface area (Å²) in [5.74, 6) is -0.314. The van der Waals surface area contributed by atoms with Crippen molar-refractivity contribution in [1.29, 1.82) is 0 Å². The molecule has 0 aliphatic carbocycles. The van der Waals surface area contributed by atoms with Crippen LogP contribution < -0.4 is 0 Å². The highest BCUT2D eigenvalue weighted by Gasteiger charge is 2.24. The smallest absolute Gasteiger partial charge is 0.142 e. The molecule has 0 radical (unpaired) electrons. The van der Waals surface area contributed by atoms with E-state index in [2.05, 4.69) is 23.6 Å². The average molecular weight is 253 g/mol. The second-order valence-electron chi connectivity index (χ2n) is 4.88. The van der Waals surface area contributed by atoms with Crippen LogP contribution in [-0.4, -0.2) is 29.6 Å². The van der Waals surface area contributed by atoms with Crippen LogP contribution in [0.4, 0.5) is 4.39 Å². The summed E-state index contributed by atoms with van der Waals surface area (Å²) in [5, 5.41) is 1.07. The van der Waals surface area contributed by atoms with Crippen LogP contribution in [0, 0.1) is 5.82 Å². The van der Waals surface area contributed by atoms with Crippen LogP contribution in [0.15, 0.2) is 18.3 Å². The fraction of sp³-hybridized carbons (Fsp3) is 0.385. The zero-order chi connectivity index (χ0) is 12.2. The Kier molecular flexibility index (Phi) is 2.42. The lowest BCUT2D eigenvalue weighted by atomic mass is 9.99. The minimum absolute atomic E-state index is 0.241. The number of benzene rings is 1. The molecule has 0 N–H and O–H groups in total. The third-order valence-corrected chi connectivity index (χ3v) is 3.99. The predicted octanol–water partition coefficient (Wildman–Crippen LogP) is 2.92. The van der Waals surface area contributed by atoms with Gasteiger partial charge in [-0.2, -0.15) is 0 Å². The van der Waals surface area contributed by atoms with E-state index in [4.69, 9.17) is 11.6 Å². The fourth-order valence-electron chi connectivity index (χ4n) is 2.62. The molecule has 0 fully saturated rings. The van der Waals surface area contributed by atoms with Crippen molar-refractivity contribution < 1.29 is 4.39 Å². The van der Waals surface area contributed by atoms with E-state index in [-0.39, 0.29) is 10.8 Å². The van der Waals surface area contributed by atoms with Crippen molar-refractivity contribution >= 4 is 22.5 Å². The lowest BCUT2D eigenvalue weighted by Crippen LogP contribution is -2.36. The molecule has 4 heteroatoms. The largest absolute Gasteiger partial charge is 0.346 e. The molecule has 1 aromatic heterocycles. The van der Waals surface area contributed by atoms with E-state index in [1.165, 1.54) is 0 Å². The van der Waals surface area contributed by atoms with Gasteiger partial charge in [0.15, 0.2) is 0 Å². The predicted molar refractivity (Wildman–Crippen MR) is 68.1 cm³/mol. The molecule has 0 saturated carbocycles. The minimum Gasteiger partial charge on any atom is -0.346 e. The molecule has 0 saturated heterocycles. The van der Waals surface area contributed by atoms with Crippen LogP contribution in [0.25, 0.3) is 10.9 Å². The third kappa shape index (κ3) is 1.57. The molecule has 2 aromatic rings. The molecule has 0 spiro atoms. The van der Waals surface area contributed by atoms with E-state index in [1.807, 2.05) is 12.3 Å². The molecule has 1 atom stereocenters. The average Bonchev–Trinajstić information content (AvgIpc) is 2.70. The number of halogens is 2. The van der Waals surface area contributed by atoms with Crippen molar-refractivity contribution in [2.45, 2.75) is 19.0 Å². The maximum absolute atomic E-state index is 13.7. The van der Waals surface area contributed by atoms with Gasteiger partial charge in [-0.3, -0.25) is 0 Å². The van der Waals surface area contributed by atoms with Gasteiger partial charge in [-0.05, 0) is 38.2 Å². The zero-order valence-corrected chi connectivity index (χ0v) is 10.6. The number of rotatable bonds is 1. The second kappa shape index (κ2) is 3.72. The molecule has 1 aliphatic heterocycles. The summed E-state index contributed by atoms with van der Waals surface area (Å²) in [6.45, 7) is 0.936. The standard InChI is InChI=1S/C13H14ClFN2/c1-16(2)9-5-8-6-11(15)12(14)10-3-4-17(7-9)13(8)10/h3-4,6,9H,5,7H2,1-2H3. The summed E-state index contributed by atoms with van der Waals surface area (Å²) in [6.07, 6.45) is 2.87. The van der Waals surface area contributed by atoms with Gasteiger partial charge in [-0.15, -0.1) is 0 Å². The molecule has 1 aromatic carbocycles. The Labute approximate surface area is 105 Å². The van der Waals surface area contributed by atoms with Crippen LogP contribution in [0.3, 0.4) is 0 Å². The molecule has 17 heavy (non-hydrogen) atoms. The van der Waals surface area contributed by atoms with Crippen molar-refractivity contribution in [3.05, 3.63) is 34.7 Å². The first-order valence-corrected chi connectivity index (χ1v) is 6.08. The van der Waals surface area contributed by atoms with Gasteiger partial charge < -0.3 is 9.47 Å². The highest BCUT2D eigenvalue weighted by atomic mass is 35.5. The molecule has 2 nitrogen and oxygen atoms in total. The van der Waals surface area contributed by atoms with Gasteiger partial charge in [0.05, 0.1) is 10.5 Å². The Morgan fingerprint density at radius 2 is 2.24 bits per heavy atom. The zero-order valence-electron chi connectivity index (χ0n) is 9.87. The van der Waals surface area contributed by atoms with E-state index >= 15 is 0 Å². The van der Waals surface area contributed by atoms with Gasteiger partial charge in [-0.1, -0.05) is 11.6 Å². The number of hydrogen-bond acceptors (Lipinski definition) is 1. The molecular weight excluding hydrogens is 239 g/mol. The van der Waals surface area contributed by atoms with Gasteiger partial charge in [0.25, 0.3) is 0 Å². The molecule has 0 bridgehead atoms. The number of hydrogen-bond donors (Lipinski definition) is 0. The van der Waals surface area contributed by atoms with Crippen molar-refractivity contribution in [3.8, 4) is 0 Å². The Balaban J connectivity index is 2.23. The topological polar surface area (TPSA) is 8.17 Å². The Bertz CT molecular complexity index is 589. The first kappa shape index (κ1) is 11.1. The van der Waals surface area contributed by atoms with Crippen molar-refractivity contribution in [1.82, 2.24) is 9.47 Å². The maximum Gasteiger partial charge on any atom is 0.142 e. The van der Waals surface area contributed by atoms with Gasteiger partial charge in [0, 0.05) is 24.2 Å². The molecule has 1 unspecified atom stereocenters. The summed E-state index contributed by atoms with van der Waals surface area (Å²) in [5.41, 5.74) is 2.14. The number of aromatic nitrogens is 1. The van der Waals surface area contributed by atoms with Crippen LogP contribution in [0.1, 0.15) is 5.56 Å². The normalized spacial score (nSPS) is 19.2. The van der Waals surface area contributed by atoms with Crippen LogP contribution in [-0.2, 0) is 13.0 Å². The van der Waals surface area contributed by atoms with Gasteiger partial charge in [0.2, 0.25) is 0 Å². The Morgan fingerprint density at radius 3 is 2.94 bits per heavy atom. The summed E-state index contributed by atoms with van der Waals surface area (Å²) in [4.78, 5) is 2.18. The van der Waals surface area contributed by atoms with Gasteiger partial charge in [0.1, 0.15) is 5.82 Å². The Hall–Kier alpha value is -1.06. The van der Waals surface area contributed by atoms with Crippen molar-refractivity contribution in [3.63, 3.8) is 0 Å². The van der Waals surface area contributed by atoms with E-state index in [9.17, 15) is 4.39 Å². The number of nitrogens with zero attached hydrogens (tertiary/aromatic N) is 2. The summed E-state index contributed by atoms with van der Waals surface area (Å²) in [6, 6.07) is 3.90. The van der Waals surface area contributed by atoms with E-state index in [0.717, 1.165) is 29.4 Å². The Morgan fingerprint density at radius 1 is 1.47 bits per heavy atom. The SMILES string of the molecule is CN(C)C1Cc2cc(F)c(Cl)c3ccn(c23)C1. The minimum atomic E-state index is -0.314. The fourth-order valence-corrected chi connectivity index (χ4v) is 2.83. The van der Waals surface area contributed by atoms with Crippen LogP contribution in [0.5, 0.6) is 0 Å². The summed E-state index contributed by atoms with van der Waals surface area (Å²) >= 11 is 5.99. The summed E-state index contributed by atoms with van der Waals surface area (Å²) < 4.78 is 15.9. The van der Waals surface area contributed by atoms with Gasteiger partial charge >= 0.3 is 0 Å². The quantitative estimate of drug-likeness (QED) is 0.758. The summed E-state index contributed by atoms with van der Waals surface area (Å²) in [7, 11) is 4.12. The van der Waals surface area contributed by atoms with Crippen molar-refractivity contribution in [2.24, 2.45) is 0 Å². The molecule has 0 amide bonds. The molecule has 90 valence electrons.